The number of thioether (sulfide) groups is 1. The van der Waals surface area contributed by atoms with E-state index in [9.17, 15) is 9.59 Å². The van der Waals surface area contributed by atoms with Gasteiger partial charge in [0, 0.05) is 12.3 Å². The lowest BCUT2D eigenvalue weighted by atomic mass is 10.2. The van der Waals surface area contributed by atoms with Crippen LogP contribution in [0.4, 0.5) is 0 Å². The molecule has 0 fully saturated rings. The molecular weight excluding hydrogens is 264 g/mol. The number of hydrogen-bond acceptors (Lipinski definition) is 5. The van der Waals surface area contributed by atoms with Crippen molar-refractivity contribution >= 4 is 23.6 Å². The molecule has 0 aliphatic heterocycles. The Labute approximate surface area is 116 Å². The number of esters is 1. The summed E-state index contributed by atoms with van der Waals surface area (Å²) in [5.41, 5.74) is 6.60. The average molecular weight is 282 g/mol. The van der Waals surface area contributed by atoms with Crippen LogP contribution in [0.2, 0.25) is 0 Å². The lowest BCUT2D eigenvalue weighted by Crippen LogP contribution is -2.34. The number of rotatable bonds is 7. The molecule has 0 aliphatic rings. The number of nitrogens with one attached hydrogen (secondary N) is 1. The highest BCUT2D eigenvalue weighted by molar-refractivity contribution is 8.00. The van der Waals surface area contributed by atoms with Crippen LogP contribution in [-0.4, -0.2) is 36.5 Å². The Hall–Kier alpha value is -1.53. The van der Waals surface area contributed by atoms with Crippen molar-refractivity contribution in [2.45, 2.75) is 12.6 Å². The summed E-state index contributed by atoms with van der Waals surface area (Å²) in [6.45, 7) is 0.503. The number of carbonyl (C=O) groups excluding carboxylic acids is 2. The van der Waals surface area contributed by atoms with Crippen LogP contribution >= 0.6 is 11.8 Å². The van der Waals surface area contributed by atoms with Gasteiger partial charge in [-0.2, -0.15) is 0 Å². The van der Waals surface area contributed by atoms with Gasteiger partial charge in [-0.25, -0.2) is 0 Å². The molecular formula is C13H18N2O3S. The first-order valence-corrected chi connectivity index (χ1v) is 7.00. The fourth-order valence-corrected chi connectivity index (χ4v) is 2.14. The summed E-state index contributed by atoms with van der Waals surface area (Å²) in [7, 11) is 1.29. The Kier molecular flexibility index (Phi) is 6.99. The second-order valence-corrected chi connectivity index (χ2v) is 4.94. The Morgan fingerprint density at radius 3 is 2.68 bits per heavy atom. The zero-order valence-corrected chi connectivity index (χ0v) is 11.6. The van der Waals surface area contributed by atoms with Crippen molar-refractivity contribution in [3.8, 4) is 0 Å². The summed E-state index contributed by atoms with van der Waals surface area (Å²) in [4.78, 5) is 22.6. The summed E-state index contributed by atoms with van der Waals surface area (Å²) in [5.74, 6) is 0.103. The van der Waals surface area contributed by atoms with E-state index >= 15 is 0 Å². The minimum absolute atomic E-state index is 0.0779. The Morgan fingerprint density at radius 2 is 2.05 bits per heavy atom. The van der Waals surface area contributed by atoms with Crippen LogP contribution in [0.5, 0.6) is 0 Å². The molecule has 0 saturated carbocycles. The molecule has 6 heteroatoms. The van der Waals surface area contributed by atoms with E-state index in [0.29, 0.717) is 12.3 Å². The monoisotopic (exact) mass is 282 g/mol. The number of hydrogen-bond donors (Lipinski definition) is 2. The van der Waals surface area contributed by atoms with E-state index in [4.69, 9.17) is 5.73 Å². The number of nitrogens with two attached hydrogens (primary N) is 1. The van der Waals surface area contributed by atoms with Crippen molar-refractivity contribution < 1.29 is 14.3 Å². The van der Waals surface area contributed by atoms with E-state index in [2.05, 4.69) is 10.1 Å². The van der Waals surface area contributed by atoms with E-state index in [1.165, 1.54) is 18.9 Å². The van der Waals surface area contributed by atoms with Crippen LogP contribution in [0.25, 0.3) is 0 Å². The van der Waals surface area contributed by atoms with Gasteiger partial charge < -0.3 is 15.8 Å². The smallest absolute Gasteiger partial charge is 0.323 e. The molecule has 0 radical (unpaired) electrons. The van der Waals surface area contributed by atoms with Crippen LogP contribution < -0.4 is 11.1 Å². The van der Waals surface area contributed by atoms with Gasteiger partial charge in [-0.3, -0.25) is 9.59 Å². The van der Waals surface area contributed by atoms with E-state index in [1.807, 2.05) is 30.3 Å². The van der Waals surface area contributed by atoms with Crippen LogP contribution in [-0.2, 0) is 20.9 Å². The topological polar surface area (TPSA) is 81.4 Å². The molecule has 0 heterocycles. The van der Waals surface area contributed by atoms with Gasteiger partial charge in [-0.05, 0) is 5.56 Å². The quantitative estimate of drug-likeness (QED) is 0.713. The van der Waals surface area contributed by atoms with Gasteiger partial charge in [0.2, 0.25) is 5.91 Å². The molecule has 104 valence electrons. The normalized spacial score (nSPS) is 11.7. The zero-order valence-electron chi connectivity index (χ0n) is 10.8. The van der Waals surface area contributed by atoms with Gasteiger partial charge in [0.05, 0.1) is 12.9 Å². The van der Waals surface area contributed by atoms with E-state index in [0.717, 1.165) is 5.56 Å². The van der Waals surface area contributed by atoms with Gasteiger partial charge >= 0.3 is 5.97 Å². The molecule has 1 rings (SSSR count). The van der Waals surface area contributed by atoms with Gasteiger partial charge in [-0.15, -0.1) is 11.8 Å². The Balaban J connectivity index is 2.16. The third-order valence-electron chi connectivity index (χ3n) is 2.37. The fraction of sp³-hybridized carbons (Fsp3) is 0.385. The van der Waals surface area contributed by atoms with Crippen molar-refractivity contribution in [2.75, 3.05) is 18.6 Å². The van der Waals surface area contributed by atoms with Crippen LogP contribution in [0.15, 0.2) is 30.3 Å². The first kappa shape index (κ1) is 15.5. The summed E-state index contributed by atoms with van der Waals surface area (Å²) < 4.78 is 4.50. The predicted molar refractivity (Wildman–Crippen MR) is 75.6 cm³/mol. The molecule has 0 aliphatic carbocycles. The van der Waals surface area contributed by atoms with E-state index in [-0.39, 0.29) is 11.7 Å². The molecule has 1 unspecified atom stereocenters. The molecule has 5 nitrogen and oxygen atoms in total. The highest BCUT2D eigenvalue weighted by atomic mass is 32.2. The maximum Gasteiger partial charge on any atom is 0.323 e. The number of amides is 1. The molecule has 1 aromatic rings. The van der Waals surface area contributed by atoms with Gasteiger partial charge in [0.25, 0.3) is 0 Å². The van der Waals surface area contributed by atoms with Gasteiger partial charge in [0.15, 0.2) is 0 Å². The number of carbonyl (C=O) groups is 2. The lowest BCUT2D eigenvalue weighted by molar-refractivity contribution is -0.141. The minimum Gasteiger partial charge on any atom is -0.468 e. The zero-order chi connectivity index (χ0) is 14.1. The van der Waals surface area contributed by atoms with Crippen molar-refractivity contribution in [1.29, 1.82) is 0 Å². The molecule has 3 N–H and O–H groups in total. The first-order chi connectivity index (χ1) is 9.13. The third-order valence-corrected chi connectivity index (χ3v) is 3.43. The summed E-state index contributed by atoms with van der Waals surface area (Å²) in [5, 5.41) is 2.80. The largest absolute Gasteiger partial charge is 0.468 e. The van der Waals surface area contributed by atoms with Crippen LogP contribution in [0.1, 0.15) is 5.56 Å². The predicted octanol–water partition coefficient (Wildman–Crippen LogP) is 0.536. The van der Waals surface area contributed by atoms with Crippen LogP contribution in [0.3, 0.4) is 0 Å². The lowest BCUT2D eigenvalue weighted by Gasteiger charge is -2.09. The fourth-order valence-electron chi connectivity index (χ4n) is 1.35. The summed E-state index contributed by atoms with van der Waals surface area (Å²) >= 11 is 1.31. The molecule has 0 aromatic heterocycles. The SMILES string of the molecule is COC(=O)C(N)CSCC(=O)NCc1ccccc1. The molecule has 1 aromatic carbocycles. The van der Waals surface area contributed by atoms with Crippen molar-refractivity contribution in [1.82, 2.24) is 5.32 Å². The van der Waals surface area contributed by atoms with Crippen molar-refractivity contribution in [3.63, 3.8) is 0 Å². The average Bonchev–Trinajstić information content (AvgIpc) is 2.45. The highest BCUT2D eigenvalue weighted by Gasteiger charge is 2.14. The Morgan fingerprint density at radius 1 is 1.37 bits per heavy atom. The number of benzene rings is 1. The number of ether oxygens (including phenoxy) is 1. The maximum absolute atomic E-state index is 11.5. The van der Waals surface area contributed by atoms with E-state index in [1.54, 1.807) is 0 Å². The summed E-state index contributed by atoms with van der Waals surface area (Å²) in [6.07, 6.45) is 0. The second-order valence-electron chi connectivity index (χ2n) is 3.91. The van der Waals surface area contributed by atoms with Crippen molar-refractivity contribution in [2.24, 2.45) is 5.73 Å². The first-order valence-electron chi connectivity index (χ1n) is 5.85. The van der Waals surface area contributed by atoms with Gasteiger partial charge in [0.1, 0.15) is 6.04 Å². The minimum atomic E-state index is -0.683. The molecule has 1 atom stereocenters. The second kappa shape index (κ2) is 8.55. The third kappa shape index (κ3) is 6.26. The van der Waals surface area contributed by atoms with Crippen molar-refractivity contribution in [3.05, 3.63) is 35.9 Å². The highest BCUT2D eigenvalue weighted by Crippen LogP contribution is 2.03. The van der Waals surface area contributed by atoms with Gasteiger partial charge in [-0.1, -0.05) is 30.3 Å². The molecule has 0 bridgehead atoms. The molecule has 19 heavy (non-hydrogen) atoms. The summed E-state index contributed by atoms with van der Waals surface area (Å²) in [6, 6.07) is 8.98. The van der Waals surface area contributed by atoms with Crippen LogP contribution in [0, 0.1) is 0 Å². The number of methoxy groups -OCH3 is 1. The molecule has 1 amide bonds. The van der Waals surface area contributed by atoms with E-state index < -0.39 is 12.0 Å². The molecule has 0 saturated heterocycles. The molecule has 0 spiro atoms. The maximum atomic E-state index is 11.5. The standard InChI is InChI=1S/C13H18N2O3S/c1-18-13(17)11(14)8-19-9-12(16)15-7-10-5-3-2-4-6-10/h2-6,11H,7-9,14H2,1H3,(H,15,16). The Bertz CT molecular complexity index is 412.